The van der Waals surface area contributed by atoms with E-state index in [9.17, 15) is 0 Å². The van der Waals surface area contributed by atoms with Crippen molar-refractivity contribution in [1.82, 2.24) is 4.98 Å². The Morgan fingerprint density at radius 3 is 2.86 bits per heavy atom. The zero-order valence-corrected chi connectivity index (χ0v) is 8.27. The minimum atomic E-state index is 1.15. The first kappa shape index (κ1) is 7.83. The molecule has 0 saturated heterocycles. The summed E-state index contributed by atoms with van der Waals surface area (Å²) in [6, 6.07) is 12.5. The molecular formula is C12H8NS. The number of hydrogen-bond acceptors (Lipinski definition) is 1. The molecule has 1 N–H and O–H groups in total. The zero-order chi connectivity index (χ0) is 9.38. The quantitative estimate of drug-likeness (QED) is 0.613. The van der Waals surface area contributed by atoms with Gasteiger partial charge < -0.3 is 4.98 Å². The van der Waals surface area contributed by atoms with Gasteiger partial charge in [0, 0.05) is 21.3 Å². The van der Waals surface area contributed by atoms with Gasteiger partial charge in [-0.15, -0.1) is 11.3 Å². The molecule has 1 aromatic carbocycles. The first-order chi connectivity index (χ1) is 6.95. The molecule has 0 fully saturated rings. The van der Waals surface area contributed by atoms with Gasteiger partial charge in [0.25, 0.3) is 0 Å². The molecule has 0 spiro atoms. The van der Waals surface area contributed by atoms with Crippen LogP contribution >= 0.6 is 11.3 Å². The lowest BCUT2D eigenvalue weighted by Gasteiger charge is -1.92. The van der Waals surface area contributed by atoms with Crippen LogP contribution in [0.5, 0.6) is 0 Å². The van der Waals surface area contributed by atoms with Gasteiger partial charge in [-0.05, 0) is 17.5 Å². The minimum absolute atomic E-state index is 1.15. The van der Waals surface area contributed by atoms with E-state index in [0.29, 0.717) is 0 Å². The fraction of sp³-hybridized carbons (Fsp3) is 0. The highest BCUT2D eigenvalue weighted by atomic mass is 32.1. The second-order valence-corrected chi connectivity index (χ2v) is 4.10. The Hall–Kier alpha value is -1.54. The topological polar surface area (TPSA) is 15.8 Å². The van der Waals surface area contributed by atoms with Crippen LogP contribution in [0, 0.1) is 6.20 Å². The van der Waals surface area contributed by atoms with E-state index in [-0.39, 0.29) is 0 Å². The van der Waals surface area contributed by atoms with Gasteiger partial charge in [-0.2, -0.15) is 0 Å². The number of fused-ring (bicyclic) bond motifs is 1. The summed E-state index contributed by atoms with van der Waals surface area (Å²) in [6.45, 7) is 0. The van der Waals surface area contributed by atoms with Gasteiger partial charge in [-0.25, -0.2) is 0 Å². The number of hydrogen-bond donors (Lipinski definition) is 1. The van der Waals surface area contributed by atoms with E-state index < -0.39 is 0 Å². The molecule has 0 atom stereocenters. The summed E-state index contributed by atoms with van der Waals surface area (Å²) in [5.41, 5.74) is 2.33. The van der Waals surface area contributed by atoms with E-state index in [2.05, 4.69) is 46.9 Å². The normalized spacial score (nSPS) is 10.9. The molecule has 0 saturated carbocycles. The molecular weight excluding hydrogens is 190 g/mol. The number of thiophene rings is 1. The number of rotatable bonds is 1. The van der Waals surface area contributed by atoms with Gasteiger partial charge in [0.05, 0.1) is 6.20 Å². The predicted molar refractivity (Wildman–Crippen MR) is 60.4 cm³/mol. The number of aromatic nitrogens is 1. The van der Waals surface area contributed by atoms with Crippen molar-refractivity contribution in [1.29, 1.82) is 0 Å². The van der Waals surface area contributed by atoms with Crippen LogP contribution in [0.25, 0.3) is 21.3 Å². The van der Waals surface area contributed by atoms with Crippen molar-refractivity contribution in [2.24, 2.45) is 0 Å². The Kier molecular flexibility index (Phi) is 1.67. The van der Waals surface area contributed by atoms with E-state index in [1.807, 2.05) is 6.07 Å². The van der Waals surface area contributed by atoms with Crippen LogP contribution in [-0.4, -0.2) is 4.98 Å². The molecule has 1 nitrogen and oxygen atoms in total. The van der Waals surface area contributed by atoms with Crippen molar-refractivity contribution in [3.05, 3.63) is 48.0 Å². The van der Waals surface area contributed by atoms with Crippen LogP contribution in [0.2, 0.25) is 0 Å². The second kappa shape index (κ2) is 3.00. The summed E-state index contributed by atoms with van der Waals surface area (Å²) in [4.78, 5) is 4.42. The van der Waals surface area contributed by atoms with Crippen molar-refractivity contribution in [3.63, 3.8) is 0 Å². The molecule has 0 aliphatic heterocycles. The molecule has 0 aliphatic carbocycles. The van der Waals surface area contributed by atoms with Crippen molar-refractivity contribution in [3.8, 4) is 10.4 Å². The maximum atomic E-state index is 3.20. The van der Waals surface area contributed by atoms with E-state index in [1.165, 1.54) is 15.8 Å². The number of nitrogens with one attached hydrogen (secondary N) is 1. The Balaban J connectivity index is 2.33. The van der Waals surface area contributed by atoms with Crippen LogP contribution < -0.4 is 0 Å². The van der Waals surface area contributed by atoms with Crippen LogP contribution in [0.15, 0.2) is 41.8 Å². The molecule has 2 aromatic heterocycles. The third-order valence-corrected chi connectivity index (χ3v) is 3.17. The monoisotopic (exact) mass is 198 g/mol. The van der Waals surface area contributed by atoms with E-state index in [4.69, 9.17) is 0 Å². The third kappa shape index (κ3) is 1.08. The number of aromatic amines is 1. The molecule has 0 aliphatic rings. The van der Waals surface area contributed by atoms with Gasteiger partial charge in [0.2, 0.25) is 0 Å². The van der Waals surface area contributed by atoms with Gasteiger partial charge in [0.15, 0.2) is 0 Å². The fourth-order valence-electron chi connectivity index (χ4n) is 1.62. The number of para-hydroxylation sites is 1. The number of H-pyrrole nitrogens is 1. The SMILES string of the molecule is [c]1[nH]c2ccccc2c1-c1cccs1. The highest BCUT2D eigenvalue weighted by Crippen LogP contribution is 2.30. The molecule has 0 bridgehead atoms. The van der Waals surface area contributed by atoms with E-state index >= 15 is 0 Å². The smallest absolute Gasteiger partial charge is 0.0725 e. The van der Waals surface area contributed by atoms with E-state index in [1.54, 1.807) is 11.3 Å². The summed E-state index contributed by atoms with van der Waals surface area (Å²) >= 11 is 1.74. The Bertz CT molecular complexity index is 548. The van der Waals surface area contributed by atoms with E-state index in [0.717, 1.165) is 5.52 Å². The molecule has 3 rings (SSSR count). The van der Waals surface area contributed by atoms with Gasteiger partial charge >= 0.3 is 0 Å². The minimum Gasteiger partial charge on any atom is -0.353 e. The second-order valence-electron chi connectivity index (χ2n) is 3.15. The van der Waals surface area contributed by atoms with Crippen molar-refractivity contribution in [2.75, 3.05) is 0 Å². The average Bonchev–Trinajstić information content (AvgIpc) is 2.85. The molecule has 2 heterocycles. The lowest BCUT2D eigenvalue weighted by Crippen LogP contribution is -1.67. The maximum Gasteiger partial charge on any atom is 0.0725 e. The van der Waals surface area contributed by atoms with Crippen LogP contribution in [0.3, 0.4) is 0 Å². The molecule has 2 heteroatoms. The van der Waals surface area contributed by atoms with Crippen molar-refractivity contribution < 1.29 is 0 Å². The predicted octanol–water partition coefficient (Wildman–Crippen LogP) is 3.70. The molecule has 14 heavy (non-hydrogen) atoms. The van der Waals surface area contributed by atoms with Crippen LogP contribution in [0.1, 0.15) is 0 Å². The lowest BCUT2D eigenvalue weighted by atomic mass is 10.1. The first-order valence-electron chi connectivity index (χ1n) is 4.47. The fourth-order valence-corrected chi connectivity index (χ4v) is 2.36. The Morgan fingerprint density at radius 1 is 1.07 bits per heavy atom. The van der Waals surface area contributed by atoms with Gasteiger partial charge in [-0.3, -0.25) is 0 Å². The van der Waals surface area contributed by atoms with Crippen LogP contribution in [-0.2, 0) is 0 Å². The molecule has 0 unspecified atom stereocenters. The summed E-state index contributed by atoms with van der Waals surface area (Å²) in [5, 5.41) is 3.33. The van der Waals surface area contributed by atoms with Crippen molar-refractivity contribution >= 4 is 22.2 Å². The molecule has 3 aromatic rings. The highest BCUT2D eigenvalue weighted by Gasteiger charge is 2.05. The Labute approximate surface area is 86.0 Å². The summed E-state index contributed by atoms with van der Waals surface area (Å²) in [6.07, 6.45) is 3.20. The summed E-state index contributed by atoms with van der Waals surface area (Å²) in [5.74, 6) is 0. The maximum absolute atomic E-state index is 3.20. The first-order valence-corrected chi connectivity index (χ1v) is 5.35. The summed E-state index contributed by atoms with van der Waals surface area (Å²) in [7, 11) is 0. The van der Waals surface area contributed by atoms with Gasteiger partial charge in [0.1, 0.15) is 0 Å². The van der Waals surface area contributed by atoms with Gasteiger partial charge in [-0.1, -0.05) is 24.3 Å². The molecule has 0 amide bonds. The number of benzene rings is 1. The standard InChI is InChI=1S/C12H8NS/c1-2-5-11-9(4-1)10(8-13-11)12-6-3-7-14-12/h1-7,13H. The average molecular weight is 198 g/mol. The zero-order valence-electron chi connectivity index (χ0n) is 7.45. The summed E-state index contributed by atoms with van der Waals surface area (Å²) < 4.78 is 0. The third-order valence-electron chi connectivity index (χ3n) is 2.29. The molecule has 1 radical (unpaired) electrons. The largest absolute Gasteiger partial charge is 0.353 e. The highest BCUT2D eigenvalue weighted by molar-refractivity contribution is 7.13. The van der Waals surface area contributed by atoms with Crippen molar-refractivity contribution in [2.45, 2.75) is 0 Å². The lowest BCUT2D eigenvalue weighted by molar-refractivity contribution is 1.46. The molecule has 67 valence electrons. The van der Waals surface area contributed by atoms with Crippen LogP contribution in [0.4, 0.5) is 0 Å². The Morgan fingerprint density at radius 2 is 2.00 bits per heavy atom.